The van der Waals surface area contributed by atoms with Gasteiger partial charge in [-0.1, -0.05) is 121 Å². The van der Waals surface area contributed by atoms with E-state index >= 15 is 0 Å². The van der Waals surface area contributed by atoms with E-state index in [4.69, 9.17) is 9.97 Å². The van der Waals surface area contributed by atoms with Gasteiger partial charge in [0.05, 0.1) is 50.0 Å². The summed E-state index contributed by atoms with van der Waals surface area (Å²) in [6.07, 6.45) is 0. The molecule has 0 saturated heterocycles. The molecule has 240 valence electrons. The second-order valence-corrected chi connectivity index (χ2v) is 13.7. The zero-order valence-electron chi connectivity index (χ0n) is 28.0. The van der Waals surface area contributed by atoms with Crippen LogP contribution in [0.15, 0.2) is 170 Å². The van der Waals surface area contributed by atoms with Crippen molar-refractivity contribution in [3.8, 4) is 28.2 Å². The number of para-hydroxylation sites is 3. The first-order valence-electron chi connectivity index (χ1n) is 17.8. The lowest BCUT2D eigenvalue weighted by Crippen LogP contribution is -1.97. The molecule has 0 fully saturated rings. The van der Waals surface area contributed by atoms with Crippen molar-refractivity contribution in [1.82, 2.24) is 18.9 Å². The number of hydrogen-bond acceptors (Lipinski definition) is 2. The summed E-state index contributed by atoms with van der Waals surface area (Å²) >= 11 is 0. The highest BCUT2D eigenvalue weighted by Crippen LogP contribution is 2.45. The van der Waals surface area contributed by atoms with E-state index < -0.39 is 0 Å². The number of nitrogens with zero attached hydrogens (tertiary/aromatic N) is 4. The Morgan fingerprint density at radius 1 is 0.346 bits per heavy atom. The second kappa shape index (κ2) is 10.3. The summed E-state index contributed by atoms with van der Waals surface area (Å²) in [4.78, 5) is 10.3. The smallest absolute Gasteiger partial charge is 0.0973 e. The van der Waals surface area contributed by atoms with Crippen LogP contribution >= 0.6 is 0 Å². The van der Waals surface area contributed by atoms with Crippen molar-refractivity contribution < 1.29 is 0 Å². The van der Waals surface area contributed by atoms with Crippen molar-refractivity contribution >= 4 is 81.7 Å². The summed E-state index contributed by atoms with van der Waals surface area (Å²) in [7, 11) is 0. The van der Waals surface area contributed by atoms with Gasteiger partial charge in [0, 0.05) is 43.7 Å². The molecule has 0 radical (unpaired) electrons. The van der Waals surface area contributed by atoms with Crippen LogP contribution < -0.4 is 0 Å². The van der Waals surface area contributed by atoms with Crippen LogP contribution in [0.25, 0.3) is 110 Å². The highest BCUT2D eigenvalue weighted by molar-refractivity contribution is 6.33. The number of fused-ring (bicyclic) bond motifs is 8. The van der Waals surface area contributed by atoms with E-state index in [0.717, 1.165) is 39.2 Å². The minimum absolute atomic E-state index is 0.880. The Bertz CT molecular complexity index is 3390. The Morgan fingerprint density at radius 3 is 1.73 bits per heavy atom. The maximum atomic E-state index is 5.16. The molecule has 4 aromatic heterocycles. The molecule has 8 aromatic carbocycles. The van der Waals surface area contributed by atoms with Gasteiger partial charge in [-0.15, -0.1) is 0 Å². The summed E-state index contributed by atoms with van der Waals surface area (Å²) in [5, 5.41) is 10.2. The first-order valence-corrected chi connectivity index (χ1v) is 17.8. The molecule has 52 heavy (non-hydrogen) atoms. The lowest BCUT2D eigenvalue weighted by molar-refractivity contribution is 1.18. The van der Waals surface area contributed by atoms with E-state index in [1.54, 1.807) is 0 Å². The molecule has 4 heteroatoms. The van der Waals surface area contributed by atoms with Crippen LogP contribution in [0.2, 0.25) is 0 Å². The molecule has 0 saturated carbocycles. The third-order valence-corrected chi connectivity index (χ3v) is 11.0. The van der Waals surface area contributed by atoms with Crippen molar-refractivity contribution in [2.24, 2.45) is 0 Å². The zero-order valence-corrected chi connectivity index (χ0v) is 28.0. The summed E-state index contributed by atoms with van der Waals surface area (Å²) in [6, 6.07) is 61.0. The van der Waals surface area contributed by atoms with Crippen molar-refractivity contribution in [2.75, 3.05) is 0 Å². The minimum atomic E-state index is 0.880. The molecule has 0 amide bonds. The second-order valence-electron chi connectivity index (χ2n) is 13.7. The molecule has 0 atom stereocenters. The van der Waals surface area contributed by atoms with Gasteiger partial charge in [0.1, 0.15) is 0 Å². The lowest BCUT2D eigenvalue weighted by Gasteiger charge is -2.13. The highest BCUT2D eigenvalue weighted by Gasteiger charge is 2.22. The van der Waals surface area contributed by atoms with E-state index in [9.17, 15) is 0 Å². The average molecular weight is 661 g/mol. The molecule has 0 unspecified atom stereocenters. The Kier molecular flexibility index (Phi) is 5.47. The van der Waals surface area contributed by atoms with Gasteiger partial charge < -0.3 is 8.97 Å². The van der Waals surface area contributed by atoms with E-state index in [1.165, 1.54) is 70.7 Å². The molecular formula is C48H28N4. The Balaban J connectivity index is 1.14. The highest BCUT2D eigenvalue weighted by atomic mass is 15.0. The molecule has 0 N–H and O–H groups in total. The Labute approximate surface area is 297 Å². The number of aromatic nitrogens is 4. The summed E-state index contributed by atoms with van der Waals surface area (Å²) in [5.41, 5.74) is 12.8. The summed E-state index contributed by atoms with van der Waals surface area (Å²) in [6.45, 7) is 0. The molecule has 0 aliphatic rings. The minimum Gasteiger partial charge on any atom is -0.309 e. The third-order valence-electron chi connectivity index (χ3n) is 11.0. The van der Waals surface area contributed by atoms with Crippen LogP contribution in [0.5, 0.6) is 0 Å². The van der Waals surface area contributed by atoms with Crippen LogP contribution in [-0.4, -0.2) is 18.9 Å². The van der Waals surface area contributed by atoms with Crippen LogP contribution in [0.3, 0.4) is 0 Å². The van der Waals surface area contributed by atoms with Crippen molar-refractivity contribution in [2.45, 2.75) is 0 Å². The summed E-state index contributed by atoms with van der Waals surface area (Å²) < 4.78 is 4.95. The molecule has 0 aliphatic heterocycles. The van der Waals surface area contributed by atoms with Gasteiger partial charge in [-0.3, -0.25) is 0 Å². The molecule has 0 bridgehead atoms. The van der Waals surface area contributed by atoms with Gasteiger partial charge in [0.15, 0.2) is 0 Å². The third kappa shape index (κ3) is 3.65. The molecule has 4 heterocycles. The monoisotopic (exact) mass is 660 g/mol. The first-order chi connectivity index (χ1) is 25.8. The standard InChI is InChI=1S/C48H28N4/c1-2-12-30(13-3-1)46-47(50-38-19-7-6-18-37(38)49-46)31-23-26-32(27-24-31)51-39-20-9-15-34-35-16-8-17-36-43-33-14-5-4-11-29(33)25-28-42(43)52(48(35)36)41-22-10-21-40(51)45(41)44(34)39/h1-28H. The maximum Gasteiger partial charge on any atom is 0.0973 e. The average Bonchev–Trinajstić information content (AvgIpc) is 3.70. The van der Waals surface area contributed by atoms with Crippen LogP contribution in [0, 0.1) is 0 Å². The lowest BCUT2D eigenvalue weighted by atomic mass is 10.0. The van der Waals surface area contributed by atoms with Gasteiger partial charge in [-0.25, -0.2) is 9.97 Å². The fraction of sp³-hybridized carbons (Fsp3) is 0. The van der Waals surface area contributed by atoms with Crippen molar-refractivity contribution in [1.29, 1.82) is 0 Å². The van der Waals surface area contributed by atoms with Gasteiger partial charge in [0.25, 0.3) is 0 Å². The van der Waals surface area contributed by atoms with Gasteiger partial charge in [0.2, 0.25) is 0 Å². The van der Waals surface area contributed by atoms with E-state index in [-0.39, 0.29) is 0 Å². The fourth-order valence-electron chi connectivity index (χ4n) is 8.85. The quantitative estimate of drug-likeness (QED) is 0.189. The molecule has 12 aromatic rings. The molecule has 4 nitrogen and oxygen atoms in total. The fourth-order valence-corrected chi connectivity index (χ4v) is 8.85. The van der Waals surface area contributed by atoms with E-state index in [1.807, 2.05) is 30.3 Å². The Morgan fingerprint density at radius 2 is 0.923 bits per heavy atom. The maximum absolute atomic E-state index is 5.16. The van der Waals surface area contributed by atoms with Gasteiger partial charge >= 0.3 is 0 Å². The van der Waals surface area contributed by atoms with E-state index in [2.05, 4.69) is 148 Å². The van der Waals surface area contributed by atoms with Gasteiger partial charge in [-0.05, 0) is 64.7 Å². The van der Waals surface area contributed by atoms with Crippen molar-refractivity contribution in [3.05, 3.63) is 170 Å². The van der Waals surface area contributed by atoms with Crippen LogP contribution in [-0.2, 0) is 0 Å². The summed E-state index contributed by atoms with van der Waals surface area (Å²) in [5.74, 6) is 0. The predicted molar refractivity (Wildman–Crippen MR) is 217 cm³/mol. The normalized spacial score (nSPS) is 12.2. The molecule has 0 spiro atoms. The molecule has 12 rings (SSSR count). The predicted octanol–water partition coefficient (Wildman–Crippen LogP) is 12.4. The van der Waals surface area contributed by atoms with Crippen molar-refractivity contribution in [3.63, 3.8) is 0 Å². The SMILES string of the molecule is c1ccc(-c2nc3ccccc3nc2-c2ccc(-n3c4cccc5c6cccc7c8c9ccccc9ccc8n(c8cccc3c8c54)c67)cc2)cc1. The van der Waals surface area contributed by atoms with Gasteiger partial charge in [-0.2, -0.15) is 0 Å². The van der Waals surface area contributed by atoms with E-state index in [0.29, 0.717) is 0 Å². The molecular weight excluding hydrogens is 633 g/mol. The number of hydrogen-bond donors (Lipinski definition) is 0. The topological polar surface area (TPSA) is 35.1 Å². The molecule has 0 aliphatic carbocycles. The first kappa shape index (κ1) is 27.7. The number of rotatable bonds is 3. The van der Waals surface area contributed by atoms with Crippen LogP contribution in [0.4, 0.5) is 0 Å². The largest absolute Gasteiger partial charge is 0.309 e. The number of benzene rings is 8. The Hall–Kier alpha value is -7.04. The van der Waals surface area contributed by atoms with Crippen LogP contribution in [0.1, 0.15) is 0 Å². The zero-order chi connectivity index (χ0) is 33.9.